The Labute approximate surface area is 151 Å². The number of nitrogens with one attached hydrogen (secondary N) is 1. The lowest BCUT2D eigenvalue weighted by Gasteiger charge is -2.26. The number of amides is 1. The van der Waals surface area contributed by atoms with Crippen LogP contribution in [0.3, 0.4) is 0 Å². The van der Waals surface area contributed by atoms with E-state index in [9.17, 15) is 4.79 Å². The van der Waals surface area contributed by atoms with Crippen LogP contribution in [0.4, 0.5) is 0 Å². The van der Waals surface area contributed by atoms with E-state index >= 15 is 0 Å². The van der Waals surface area contributed by atoms with E-state index in [0.717, 1.165) is 56.1 Å². The Morgan fingerprint density at radius 2 is 2.00 bits per heavy atom. The zero-order valence-corrected chi connectivity index (χ0v) is 16.0. The van der Waals surface area contributed by atoms with Gasteiger partial charge in [-0.3, -0.25) is 9.69 Å². The summed E-state index contributed by atoms with van der Waals surface area (Å²) in [6, 6.07) is 6.18. The molecule has 0 aromatic heterocycles. The van der Waals surface area contributed by atoms with Crippen LogP contribution < -0.4 is 10.1 Å². The van der Waals surface area contributed by atoms with Crippen LogP contribution in [0, 0.1) is 6.92 Å². The van der Waals surface area contributed by atoms with Crippen LogP contribution in [0.1, 0.15) is 44.2 Å². The quantitative estimate of drug-likeness (QED) is 0.734. The van der Waals surface area contributed by atoms with Crippen molar-refractivity contribution in [2.24, 2.45) is 0 Å². The minimum absolute atomic E-state index is 0.0572. The van der Waals surface area contributed by atoms with Crippen LogP contribution >= 0.6 is 0 Å². The highest BCUT2D eigenvalue weighted by atomic mass is 16.5. The van der Waals surface area contributed by atoms with E-state index in [2.05, 4.69) is 36.2 Å². The Morgan fingerprint density at radius 1 is 1.28 bits per heavy atom. The molecule has 25 heavy (non-hydrogen) atoms. The molecule has 140 valence electrons. The Hall–Kier alpha value is -1.59. The second-order valence-corrected chi connectivity index (χ2v) is 7.05. The summed E-state index contributed by atoms with van der Waals surface area (Å²) in [5.41, 5.74) is 2.27. The Kier molecular flexibility index (Phi) is 7.72. The molecule has 0 radical (unpaired) electrons. The fraction of sp³-hybridized carbons (Fsp3) is 0.650. The van der Waals surface area contributed by atoms with Gasteiger partial charge in [-0.25, -0.2) is 0 Å². The molecule has 0 spiro atoms. The third kappa shape index (κ3) is 6.33. The summed E-state index contributed by atoms with van der Waals surface area (Å²) in [5, 5.41) is 2.98. The molecule has 1 saturated heterocycles. The molecule has 1 fully saturated rings. The van der Waals surface area contributed by atoms with E-state index in [-0.39, 0.29) is 5.91 Å². The van der Waals surface area contributed by atoms with E-state index in [1.807, 2.05) is 19.9 Å². The summed E-state index contributed by atoms with van der Waals surface area (Å²) in [4.78, 5) is 14.7. The van der Waals surface area contributed by atoms with E-state index in [1.54, 1.807) is 0 Å². The molecule has 1 heterocycles. The standard InChI is InChI=1S/C20H32N2O3/c1-15(2)18-7-6-16(3)14-19(18)25-17(4)20(23)21-8-5-9-22-10-12-24-13-11-22/h6-7,14-15,17H,5,8-13H2,1-4H3,(H,21,23). The summed E-state index contributed by atoms with van der Waals surface area (Å²) in [6.45, 7) is 13.4. The van der Waals surface area contributed by atoms with Crippen molar-refractivity contribution >= 4 is 5.91 Å². The van der Waals surface area contributed by atoms with Crippen LogP contribution in [0.25, 0.3) is 0 Å². The summed E-state index contributed by atoms with van der Waals surface area (Å²) >= 11 is 0. The van der Waals surface area contributed by atoms with Gasteiger partial charge in [-0.05, 0) is 49.9 Å². The maximum Gasteiger partial charge on any atom is 0.260 e. The number of benzene rings is 1. The minimum Gasteiger partial charge on any atom is -0.481 e. The fourth-order valence-corrected chi connectivity index (χ4v) is 2.95. The first kappa shape index (κ1) is 19.7. The van der Waals surface area contributed by atoms with Crippen LogP contribution in [0.15, 0.2) is 18.2 Å². The molecule has 1 aliphatic rings. The van der Waals surface area contributed by atoms with Gasteiger partial charge in [0.1, 0.15) is 5.75 Å². The molecular formula is C20H32N2O3. The number of carbonyl (C=O) groups excluding carboxylic acids is 1. The number of ether oxygens (including phenoxy) is 2. The predicted molar refractivity (Wildman–Crippen MR) is 100 cm³/mol. The molecule has 1 unspecified atom stereocenters. The van der Waals surface area contributed by atoms with E-state index in [1.165, 1.54) is 0 Å². The highest BCUT2D eigenvalue weighted by Crippen LogP contribution is 2.28. The first-order valence-corrected chi connectivity index (χ1v) is 9.32. The molecule has 2 rings (SSSR count). The van der Waals surface area contributed by atoms with Gasteiger partial charge < -0.3 is 14.8 Å². The van der Waals surface area contributed by atoms with E-state index < -0.39 is 6.10 Å². The predicted octanol–water partition coefficient (Wildman–Crippen LogP) is 2.72. The maximum absolute atomic E-state index is 12.3. The highest BCUT2D eigenvalue weighted by Gasteiger charge is 2.17. The maximum atomic E-state index is 12.3. The normalized spacial score (nSPS) is 16.7. The molecule has 1 N–H and O–H groups in total. The Morgan fingerprint density at radius 3 is 2.68 bits per heavy atom. The van der Waals surface area contributed by atoms with Crippen LogP contribution in [-0.2, 0) is 9.53 Å². The third-order valence-electron chi connectivity index (χ3n) is 4.52. The highest BCUT2D eigenvalue weighted by molar-refractivity contribution is 5.80. The van der Waals surface area contributed by atoms with Crippen molar-refractivity contribution in [3.05, 3.63) is 29.3 Å². The second-order valence-electron chi connectivity index (χ2n) is 7.05. The smallest absolute Gasteiger partial charge is 0.260 e. The van der Waals surface area contributed by atoms with Crippen molar-refractivity contribution in [2.75, 3.05) is 39.4 Å². The average molecular weight is 348 g/mol. The Bertz CT molecular complexity index is 554. The molecule has 1 aromatic carbocycles. The number of aryl methyl sites for hydroxylation is 1. The second kappa shape index (κ2) is 9.78. The van der Waals surface area contributed by atoms with Crippen molar-refractivity contribution in [3.8, 4) is 5.75 Å². The third-order valence-corrected chi connectivity index (χ3v) is 4.52. The molecule has 0 aliphatic carbocycles. The van der Waals surface area contributed by atoms with Gasteiger partial charge in [-0.1, -0.05) is 26.0 Å². The zero-order chi connectivity index (χ0) is 18.2. The zero-order valence-electron chi connectivity index (χ0n) is 16.0. The van der Waals surface area contributed by atoms with Gasteiger partial charge >= 0.3 is 0 Å². The molecule has 5 nitrogen and oxygen atoms in total. The largest absolute Gasteiger partial charge is 0.481 e. The lowest BCUT2D eigenvalue weighted by molar-refractivity contribution is -0.127. The first-order chi connectivity index (χ1) is 12.0. The summed E-state index contributed by atoms with van der Waals surface area (Å²) in [6.07, 6.45) is 0.447. The van der Waals surface area contributed by atoms with E-state index in [0.29, 0.717) is 12.5 Å². The lowest BCUT2D eigenvalue weighted by atomic mass is 10.0. The number of nitrogens with zero attached hydrogens (tertiary/aromatic N) is 1. The van der Waals surface area contributed by atoms with Crippen molar-refractivity contribution in [1.82, 2.24) is 10.2 Å². The van der Waals surface area contributed by atoms with Gasteiger partial charge in [-0.15, -0.1) is 0 Å². The molecule has 1 amide bonds. The topological polar surface area (TPSA) is 50.8 Å². The van der Waals surface area contributed by atoms with Crippen molar-refractivity contribution < 1.29 is 14.3 Å². The first-order valence-electron chi connectivity index (χ1n) is 9.32. The summed E-state index contributed by atoms with van der Waals surface area (Å²) < 4.78 is 11.3. The molecule has 1 atom stereocenters. The number of hydrogen-bond donors (Lipinski definition) is 1. The number of hydrogen-bond acceptors (Lipinski definition) is 4. The van der Waals surface area contributed by atoms with Crippen molar-refractivity contribution in [2.45, 2.75) is 46.1 Å². The van der Waals surface area contributed by atoms with Gasteiger partial charge in [0.2, 0.25) is 0 Å². The van der Waals surface area contributed by atoms with Gasteiger partial charge in [0.05, 0.1) is 13.2 Å². The summed E-state index contributed by atoms with van der Waals surface area (Å²) in [7, 11) is 0. The van der Waals surface area contributed by atoms with Gasteiger partial charge in [0, 0.05) is 19.6 Å². The number of morpholine rings is 1. The number of rotatable bonds is 8. The van der Waals surface area contributed by atoms with Crippen LogP contribution in [0.5, 0.6) is 5.75 Å². The SMILES string of the molecule is Cc1ccc(C(C)C)c(OC(C)C(=O)NCCCN2CCOCC2)c1. The van der Waals surface area contributed by atoms with Gasteiger partial charge in [0.15, 0.2) is 6.10 Å². The molecular weight excluding hydrogens is 316 g/mol. The monoisotopic (exact) mass is 348 g/mol. The Balaban J connectivity index is 1.77. The molecule has 5 heteroatoms. The van der Waals surface area contributed by atoms with Crippen LogP contribution in [0.2, 0.25) is 0 Å². The summed E-state index contributed by atoms with van der Waals surface area (Å²) in [5.74, 6) is 1.11. The minimum atomic E-state index is -0.498. The lowest BCUT2D eigenvalue weighted by Crippen LogP contribution is -2.40. The van der Waals surface area contributed by atoms with E-state index in [4.69, 9.17) is 9.47 Å². The average Bonchev–Trinajstić information content (AvgIpc) is 2.59. The fourth-order valence-electron chi connectivity index (χ4n) is 2.95. The van der Waals surface area contributed by atoms with Gasteiger partial charge in [-0.2, -0.15) is 0 Å². The molecule has 0 bridgehead atoms. The van der Waals surface area contributed by atoms with Gasteiger partial charge in [0.25, 0.3) is 5.91 Å². The molecule has 1 aliphatic heterocycles. The van der Waals surface area contributed by atoms with Crippen molar-refractivity contribution in [3.63, 3.8) is 0 Å². The van der Waals surface area contributed by atoms with Crippen LogP contribution in [-0.4, -0.2) is 56.3 Å². The number of carbonyl (C=O) groups is 1. The molecule has 1 aromatic rings. The van der Waals surface area contributed by atoms with Crippen molar-refractivity contribution in [1.29, 1.82) is 0 Å². The molecule has 0 saturated carbocycles.